The van der Waals surface area contributed by atoms with Crippen molar-refractivity contribution in [3.63, 3.8) is 0 Å². The van der Waals surface area contributed by atoms with E-state index in [9.17, 15) is 18.0 Å². The van der Waals surface area contributed by atoms with Crippen molar-refractivity contribution < 1.29 is 23.1 Å². The fraction of sp³-hybridized carbons (Fsp3) is 0.500. The SMILES string of the molecule is Cc1[nH]c(C(=O)O)c(C)c1S(=O)(=O)N(CC(N)=O)C(C)C. The minimum absolute atomic E-state index is 0.107. The lowest BCUT2D eigenvalue weighted by Gasteiger charge is -2.24. The number of aromatic carboxylic acids is 1. The summed E-state index contributed by atoms with van der Waals surface area (Å²) in [7, 11) is -4.03. The third-order valence-electron chi connectivity index (χ3n) is 3.04. The maximum Gasteiger partial charge on any atom is 0.352 e. The van der Waals surface area contributed by atoms with E-state index in [0.29, 0.717) is 0 Å². The molecule has 9 heteroatoms. The molecule has 0 aliphatic carbocycles. The van der Waals surface area contributed by atoms with Gasteiger partial charge in [-0.15, -0.1) is 0 Å². The van der Waals surface area contributed by atoms with Gasteiger partial charge in [0.05, 0.1) is 6.54 Å². The average molecular weight is 317 g/mol. The van der Waals surface area contributed by atoms with Crippen molar-refractivity contribution in [2.75, 3.05) is 6.54 Å². The van der Waals surface area contributed by atoms with Crippen LogP contribution in [0.1, 0.15) is 35.6 Å². The quantitative estimate of drug-likeness (QED) is 0.689. The summed E-state index contributed by atoms with van der Waals surface area (Å²) >= 11 is 0. The van der Waals surface area contributed by atoms with Gasteiger partial charge in [-0.25, -0.2) is 13.2 Å². The summed E-state index contributed by atoms with van der Waals surface area (Å²) in [6.45, 7) is 5.62. The summed E-state index contributed by atoms with van der Waals surface area (Å²) < 4.78 is 26.3. The number of aryl methyl sites for hydroxylation is 1. The van der Waals surface area contributed by atoms with Gasteiger partial charge in [-0.3, -0.25) is 4.79 Å². The fourth-order valence-electron chi connectivity index (χ4n) is 2.15. The topological polar surface area (TPSA) is 134 Å². The van der Waals surface area contributed by atoms with E-state index in [4.69, 9.17) is 10.8 Å². The largest absolute Gasteiger partial charge is 0.477 e. The van der Waals surface area contributed by atoms with Gasteiger partial charge in [0.15, 0.2) is 0 Å². The zero-order valence-corrected chi connectivity index (χ0v) is 13.1. The second kappa shape index (κ2) is 5.86. The molecule has 0 saturated heterocycles. The Balaban J connectivity index is 3.49. The Morgan fingerprint density at radius 3 is 2.19 bits per heavy atom. The van der Waals surface area contributed by atoms with Crippen LogP contribution in [-0.2, 0) is 14.8 Å². The van der Waals surface area contributed by atoms with Gasteiger partial charge in [0.2, 0.25) is 15.9 Å². The van der Waals surface area contributed by atoms with Crippen LogP contribution in [0.4, 0.5) is 0 Å². The number of carboxylic acid groups (broad SMARTS) is 1. The summed E-state index contributed by atoms with van der Waals surface area (Å²) in [5.74, 6) is -2.03. The van der Waals surface area contributed by atoms with E-state index in [1.165, 1.54) is 13.8 Å². The summed E-state index contributed by atoms with van der Waals surface area (Å²) in [5, 5.41) is 9.05. The Bertz CT molecular complexity index is 675. The number of nitrogens with two attached hydrogens (primary N) is 1. The van der Waals surface area contributed by atoms with Gasteiger partial charge in [-0.05, 0) is 27.7 Å². The number of H-pyrrole nitrogens is 1. The number of nitrogens with one attached hydrogen (secondary N) is 1. The number of aromatic nitrogens is 1. The monoisotopic (exact) mass is 317 g/mol. The number of hydrogen-bond donors (Lipinski definition) is 3. The second-order valence-corrected chi connectivity index (χ2v) is 6.82. The highest BCUT2D eigenvalue weighted by Gasteiger charge is 2.34. The van der Waals surface area contributed by atoms with Gasteiger partial charge in [0.1, 0.15) is 10.6 Å². The van der Waals surface area contributed by atoms with Crippen LogP contribution in [-0.4, -0.2) is 47.3 Å². The first-order valence-electron chi connectivity index (χ1n) is 6.22. The molecular formula is C12H19N3O5S. The van der Waals surface area contributed by atoms with E-state index in [1.807, 2.05) is 0 Å². The molecule has 0 aliphatic heterocycles. The Morgan fingerprint density at radius 1 is 1.33 bits per heavy atom. The average Bonchev–Trinajstić information content (AvgIpc) is 2.61. The van der Waals surface area contributed by atoms with Crippen molar-refractivity contribution in [2.24, 2.45) is 5.73 Å². The van der Waals surface area contributed by atoms with Gasteiger partial charge >= 0.3 is 5.97 Å². The number of hydrogen-bond acceptors (Lipinski definition) is 4. The molecule has 118 valence electrons. The van der Waals surface area contributed by atoms with Gasteiger partial charge in [0.25, 0.3) is 0 Å². The molecule has 0 saturated carbocycles. The first-order chi connectivity index (χ1) is 9.50. The molecule has 1 aromatic heterocycles. The normalized spacial score (nSPS) is 12.1. The van der Waals surface area contributed by atoms with Crippen LogP contribution in [0.2, 0.25) is 0 Å². The zero-order valence-electron chi connectivity index (χ0n) is 12.3. The molecule has 4 N–H and O–H groups in total. The lowest BCUT2D eigenvalue weighted by molar-refractivity contribution is -0.118. The van der Waals surface area contributed by atoms with Crippen molar-refractivity contribution >= 4 is 21.9 Å². The van der Waals surface area contributed by atoms with E-state index < -0.39 is 34.5 Å². The Morgan fingerprint density at radius 2 is 1.86 bits per heavy atom. The number of carbonyl (C=O) groups is 2. The van der Waals surface area contributed by atoms with Gasteiger partial charge in [-0.2, -0.15) is 4.31 Å². The van der Waals surface area contributed by atoms with Crippen LogP contribution in [0.3, 0.4) is 0 Å². The summed E-state index contributed by atoms with van der Waals surface area (Å²) in [6, 6.07) is -0.496. The minimum atomic E-state index is -4.03. The fourth-order valence-corrected chi connectivity index (χ4v) is 4.16. The molecule has 0 spiro atoms. The predicted octanol–water partition coefficient (Wildman–Crippen LogP) is 0.214. The molecule has 21 heavy (non-hydrogen) atoms. The van der Waals surface area contributed by atoms with Crippen LogP contribution in [0.5, 0.6) is 0 Å². The number of nitrogens with zero attached hydrogens (tertiary/aromatic N) is 1. The molecule has 1 rings (SSSR count). The lowest BCUT2D eigenvalue weighted by Crippen LogP contribution is -2.43. The number of aromatic amines is 1. The highest BCUT2D eigenvalue weighted by molar-refractivity contribution is 7.89. The number of carboxylic acids is 1. The molecule has 0 bridgehead atoms. The first kappa shape index (κ1) is 17.2. The Kier molecular flexibility index (Phi) is 4.79. The smallest absolute Gasteiger partial charge is 0.352 e. The summed E-state index contributed by atoms with van der Waals surface area (Å²) in [5.41, 5.74) is 5.22. The Labute approximate surface area is 123 Å². The zero-order chi connectivity index (χ0) is 16.5. The standard InChI is InChI=1S/C12H19N3O5S/c1-6(2)15(5-9(13)16)21(19,20)11-7(3)10(12(17)18)14-8(11)4/h6,14H,5H2,1-4H3,(H2,13,16)(H,17,18). The number of carbonyl (C=O) groups excluding carboxylic acids is 1. The van der Waals surface area contributed by atoms with Crippen LogP contribution < -0.4 is 5.73 Å². The number of rotatable bonds is 6. The number of sulfonamides is 1. The molecule has 8 nitrogen and oxygen atoms in total. The minimum Gasteiger partial charge on any atom is -0.477 e. The van der Waals surface area contributed by atoms with Gasteiger partial charge in [-0.1, -0.05) is 0 Å². The molecule has 0 aromatic carbocycles. The molecule has 0 fully saturated rings. The number of amides is 1. The summed E-state index contributed by atoms with van der Waals surface area (Å²) in [6.07, 6.45) is 0. The van der Waals surface area contributed by atoms with Crippen LogP contribution in [0.25, 0.3) is 0 Å². The second-order valence-electron chi connectivity index (χ2n) is 4.99. The van der Waals surface area contributed by atoms with Gasteiger partial charge < -0.3 is 15.8 Å². The Hall–Kier alpha value is -1.87. The van der Waals surface area contributed by atoms with Crippen LogP contribution >= 0.6 is 0 Å². The van der Waals surface area contributed by atoms with E-state index in [0.717, 1.165) is 4.31 Å². The molecule has 1 heterocycles. The highest BCUT2D eigenvalue weighted by atomic mass is 32.2. The van der Waals surface area contributed by atoms with Crippen molar-refractivity contribution in [1.82, 2.24) is 9.29 Å². The van der Waals surface area contributed by atoms with E-state index >= 15 is 0 Å². The highest BCUT2D eigenvalue weighted by Crippen LogP contribution is 2.27. The van der Waals surface area contributed by atoms with E-state index in [1.54, 1.807) is 13.8 Å². The summed E-state index contributed by atoms with van der Waals surface area (Å²) in [4.78, 5) is 24.6. The van der Waals surface area contributed by atoms with Crippen molar-refractivity contribution in [2.45, 2.75) is 38.6 Å². The van der Waals surface area contributed by atoms with E-state index in [-0.39, 0.29) is 21.8 Å². The third kappa shape index (κ3) is 3.24. The third-order valence-corrected chi connectivity index (χ3v) is 5.33. The molecule has 1 aromatic rings. The van der Waals surface area contributed by atoms with Crippen molar-refractivity contribution in [3.05, 3.63) is 17.0 Å². The predicted molar refractivity (Wildman–Crippen MR) is 75.4 cm³/mol. The van der Waals surface area contributed by atoms with E-state index in [2.05, 4.69) is 4.98 Å². The maximum absolute atomic E-state index is 12.7. The van der Waals surface area contributed by atoms with Crippen molar-refractivity contribution in [3.8, 4) is 0 Å². The van der Waals surface area contributed by atoms with Crippen LogP contribution in [0, 0.1) is 13.8 Å². The lowest BCUT2D eigenvalue weighted by atomic mass is 10.2. The molecular weight excluding hydrogens is 298 g/mol. The van der Waals surface area contributed by atoms with Crippen molar-refractivity contribution in [1.29, 1.82) is 0 Å². The van der Waals surface area contributed by atoms with Crippen LogP contribution in [0.15, 0.2) is 4.90 Å². The maximum atomic E-state index is 12.7. The molecule has 1 amide bonds. The number of primary amides is 1. The molecule has 0 aliphatic rings. The molecule has 0 radical (unpaired) electrons. The molecule has 0 atom stereocenters. The first-order valence-corrected chi connectivity index (χ1v) is 7.66. The molecule has 0 unspecified atom stereocenters. The van der Waals surface area contributed by atoms with Gasteiger partial charge in [0, 0.05) is 17.3 Å².